The van der Waals surface area contributed by atoms with E-state index in [0.717, 1.165) is 45.4 Å². The molecule has 0 unspecified atom stereocenters. The molecule has 0 atom stereocenters. The van der Waals surface area contributed by atoms with Crippen LogP contribution in [0.1, 0.15) is 52.7 Å². The molecule has 0 radical (unpaired) electrons. The first kappa shape index (κ1) is 38.2. The van der Waals surface area contributed by atoms with Crippen LogP contribution in [0.5, 0.6) is 0 Å². The summed E-state index contributed by atoms with van der Waals surface area (Å²) >= 11 is 0. The molecule has 10 rings (SSSR count). The van der Waals surface area contributed by atoms with Crippen molar-refractivity contribution in [1.82, 2.24) is 19.1 Å². The lowest BCUT2D eigenvalue weighted by Crippen LogP contribution is -2.30. The first-order chi connectivity index (χ1) is 29.8. The number of benzene rings is 7. The summed E-state index contributed by atoms with van der Waals surface area (Å²) in [4.78, 5) is 11.1. The molecule has 7 aromatic carbocycles. The van der Waals surface area contributed by atoms with Crippen LogP contribution in [-0.2, 0) is 6.42 Å². The minimum absolute atomic E-state index is 0.323. The second kappa shape index (κ2) is 15.2. The van der Waals surface area contributed by atoms with Gasteiger partial charge in [0, 0.05) is 32.8 Å². The Morgan fingerprint density at radius 2 is 1.00 bits per heavy atom. The lowest BCUT2D eigenvalue weighted by molar-refractivity contribution is 0.864. The van der Waals surface area contributed by atoms with Crippen molar-refractivity contribution in [3.8, 4) is 34.2 Å². The third-order valence-corrected chi connectivity index (χ3v) is 12.5. The molecular formula is C57H50N4. The molecule has 0 saturated carbocycles. The van der Waals surface area contributed by atoms with Crippen molar-refractivity contribution in [2.75, 3.05) is 0 Å². The zero-order chi connectivity index (χ0) is 41.9. The van der Waals surface area contributed by atoms with Crippen LogP contribution in [0.2, 0.25) is 0 Å². The van der Waals surface area contributed by atoms with Crippen LogP contribution in [0.4, 0.5) is 0 Å². The average molecular weight is 791 g/mol. The number of fused-ring (bicyclic) bond motifs is 8. The van der Waals surface area contributed by atoms with Crippen LogP contribution in [0.25, 0.3) is 113 Å². The van der Waals surface area contributed by atoms with Gasteiger partial charge in [0.1, 0.15) is 11.6 Å². The van der Waals surface area contributed by atoms with Crippen LogP contribution < -0.4 is 21.1 Å². The predicted molar refractivity (Wildman–Crippen MR) is 261 cm³/mol. The van der Waals surface area contributed by atoms with Gasteiger partial charge in [0.05, 0.1) is 21.7 Å². The summed E-state index contributed by atoms with van der Waals surface area (Å²) in [6.07, 6.45) is 9.91. The fourth-order valence-corrected chi connectivity index (χ4v) is 9.84. The highest BCUT2D eigenvalue weighted by molar-refractivity contribution is 6.26. The van der Waals surface area contributed by atoms with Crippen molar-refractivity contribution in [2.24, 2.45) is 5.92 Å². The monoisotopic (exact) mass is 790 g/mol. The SMILES string of the molecule is C/C=c1\c(=C/C)n(-c2cc(-n3c(=C/C(C)C)/c(=C\C)c4ccccc43)nc(-c3ccc(CC)c(-c4cc5c6ccccc6c6ccccc6c5cc4C)c3)n2)c2ccccc12. The maximum Gasteiger partial charge on any atom is 0.163 e. The number of hydrogen-bond donors (Lipinski definition) is 0. The van der Waals surface area contributed by atoms with Crippen molar-refractivity contribution in [3.63, 3.8) is 0 Å². The first-order valence-corrected chi connectivity index (χ1v) is 21.7. The minimum atomic E-state index is 0.323. The molecule has 4 nitrogen and oxygen atoms in total. The highest BCUT2D eigenvalue weighted by atomic mass is 15.1. The smallest absolute Gasteiger partial charge is 0.163 e. The zero-order valence-corrected chi connectivity index (χ0v) is 36.1. The number of rotatable bonds is 6. The normalized spacial score (nSPS) is 13.4. The number of nitrogens with zero attached hydrogens (tertiary/aromatic N) is 4. The maximum atomic E-state index is 5.55. The van der Waals surface area contributed by atoms with Gasteiger partial charge >= 0.3 is 0 Å². The number of para-hydroxylation sites is 2. The summed E-state index contributed by atoms with van der Waals surface area (Å²) in [5.41, 5.74) is 8.20. The van der Waals surface area contributed by atoms with Gasteiger partial charge < -0.3 is 0 Å². The summed E-state index contributed by atoms with van der Waals surface area (Å²) in [7, 11) is 0. The molecule has 4 heteroatoms. The number of hydrogen-bond acceptors (Lipinski definition) is 2. The lowest BCUT2D eigenvalue weighted by atomic mass is 9.87. The summed E-state index contributed by atoms with van der Waals surface area (Å²) in [6.45, 7) is 15.4. The molecule has 3 aromatic heterocycles. The summed E-state index contributed by atoms with van der Waals surface area (Å²) in [5, 5.41) is 14.8. The Hall–Kier alpha value is -7.04. The molecule has 0 spiro atoms. The van der Waals surface area contributed by atoms with Crippen LogP contribution >= 0.6 is 0 Å². The second-order valence-electron chi connectivity index (χ2n) is 16.5. The van der Waals surface area contributed by atoms with E-state index in [1.165, 1.54) is 75.8 Å². The van der Waals surface area contributed by atoms with Crippen molar-refractivity contribution < 1.29 is 0 Å². The van der Waals surface area contributed by atoms with E-state index in [1.807, 2.05) is 0 Å². The van der Waals surface area contributed by atoms with Gasteiger partial charge in [0.15, 0.2) is 5.82 Å². The predicted octanol–water partition coefficient (Wildman–Crippen LogP) is 11.9. The molecule has 10 aromatic rings. The molecule has 0 aliphatic carbocycles. The van der Waals surface area contributed by atoms with E-state index >= 15 is 0 Å². The van der Waals surface area contributed by atoms with Gasteiger partial charge in [-0.25, -0.2) is 9.97 Å². The van der Waals surface area contributed by atoms with E-state index in [1.54, 1.807) is 0 Å². The van der Waals surface area contributed by atoms with E-state index < -0.39 is 0 Å². The van der Waals surface area contributed by atoms with E-state index in [-0.39, 0.29) is 0 Å². The molecule has 0 N–H and O–H groups in total. The Bertz CT molecular complexity index is 3650. The highest BCUT2D eigenvalue weighted by Gasteiger charge is 2.20. The van der Waals surface area contributed by atoms with E-state index in [9.17, 15) is 0 Å². The summed E-state index contributed by atoms with van der Waals surface area (Å²) in [5.74, 6) is 2.67. The lowest BCUT2D eigenvalue weighted by Gasteiger charge is -2.17. The Morgan fingerprint density at radius 1 is 0.508 bits per heavy atom. The first-order valence-electron chi connectivity index (χ1n) is 21.7. The van der Waals surface area contributed by atoms with Gasteiger partial charge in [-0.3, -0.25) is 9.13 Å². The van der Waals surface area contributed by atoms with Gasteiger partial charge in [-0.1, -0.05) is 148 Å². The van der Waals surface area contributed by atoms with Crippen LogP contribution in [0.15, 0.2) is 133 Å². The fourth-order valence-electron chi connectivity index (χ4n) is 9.84. The number of aromatic nitrogens is 4. The van der Waals surface area contributed by atoms with E-state index in [4.69, 9.17) is 9.97 Å². The third kappa shape index (κ3) is 6.12. The van der Waals surface area contributed by atoms with Gasteiger partial charge in [0.25, 0.3) is 0 Å². The van der Waals surface area contributed by atoms with E-state index in [2.05, 4.69) is 215 Å². The zero-order valence-electron chi connectivity index (χ0n) is 36.1. The maximum absolute atomic E-state index is 5.55. The Kier molecular flexibility index (Phi) is 9.52. The van der Waals surface area contributed by atoms with Crippen molar-refractivity contribution >= 4 is 78.4 Å². The molecule has 61 heavy (non-hydrogen) atoms. The van der Waals surface area contributed by atoms with Gasteiger partial charge in [-0.05, 0) is 119 Å². The van der Waals surface area contributed by atoms with Crippen LogP contribution in [0, 0.1) is 12.8 Å². The molecule has 298 valence electrons. The molecule has 3 heterocycles. The minimum Gasteiger partial charge on any atom is -0.294 e. The standard InChI is InChI=1S/C57H50N4/c1-8-37-28-29-38(32-48(37)47-33-50-44-23-15-13-21-42(44)41-20-12-14-22-43(41)49(50)31-36(47)7)57-58-55(60-51(11-4)39(9-2)45-24-16-18-26-52(45)60)34-56(59-57)61-53-27-19-17-25-46(53)40(10-3)54(61)30-35(5)6/h9-35H,8H2,1-7H3/b39-9-,40-10-,51-11+,54-30+. The second-order valence-corrected chi connectivity index (χ2v) is 16.5. The third-order valence-electron chi connectivity index (χ3n) is 12.5. The molecular weight excluding hydrogens is 741 g/mol. The molecule has 0 fully saturated rings. The Labute approximate surface area is 356 Å². The Balaban J connectivity index is 1.29. The molecule has 0 saturated heterocycles. The molecule has 0 bridgehead atoms. The largest absolute Gasteiger partial charge is 0.294 e. The number of aryl methyl sites for hydroxylation is 2. The van der Waals surface area contributed by atoms with Gasteiger partial charge in [0.2, 0.25) is 0 Å². The van der Waals surface area contributed by atoms with Crippen molar-refractivity contribution in [2.45, 2.75) is 54.9 Å². The van der Waals surface area contributed by atoms with Gasteiger partial charge in [-0.15, -0.1) is 0 Å². The van der Waals surface area contributed by atoms with E-state index in [0.29, 0.717) is 11.7 Å². The van der Waals surface area contributed by atoms with Gasteiger partial charge in [-0.2, -0.15) is 0 Å². The van der Waals surface area contributed by atoms with Crippen LogP contribution in [-0.4, -0.2) is 19.1 Å². The fraction of sp³-hybridized carbons (Fsp3) is 0.158. The molecule has 0 aliphatic heterocycles. The average Bonchev–Trinajstić information content (AvgIpc) is 3.79. The molecule has 0 amide bonds. The summed E-state index contributed by atoms with van der Waals surface area (Å²) < 4.78 is 4.66. The highest BCUT2D eigenvalue weighted by Crippen LogP contribution is 2.40. The quantitative estimate of drug-likeness (QED) is 0.157. The van der Waals surface area contributed by atoms with Crippen molar-refractivity contribution in [3.05, 3.63) is 166 Å². The summed E-state index contributed by atoms with van der Waals surface area (Å²) in [6, 6.07) is 48.9. The molecule has 0 aliphatic rings. The Morgan fingerprint density at radius 3 is 1.52 bits per heavy atom. The topological polar surface area (TPSA) is 35.6 Å². The van der Waals surface area contributed by atoms with Crippen LogP contribution in [0.3, 0.4) is 0 Å². The van der Waals surface area contributed by atoms with Crippen molar-refractivity contribution in [1.29, 1.82) is 0 Å².